The number of aryl methyl sites for hydroxylation is 1. The van der Waals surface area contributed by atoms with Gasteiger partial charge in [-0.1, -0.05) is 0 Å². The molecule has 5 heteroatoms. The molecule has 0 aliphatic rings. The lowest BCUT2D eigenvalue weighted by atomic mass is 10.3. The van der Waals surface area contributed by atoms with Crippen LogP contribution < -0.4 is 4.74 Å². The lowest BCUT2D eigenvalue weighted by molar-refractivity contribution is 0.296. The Labute approximate surface area is 90.6 Å². The largest absolute Gasteiger partial charge is 0.472 e. The van der Waals surface area contributed by atoms with Crippen molar-refractivity contribution in [3.05, 3.63) is 40.2 Å². The molecule has 0 saturated carbocycles. The van der Waals surface area contributed by atoms with Crippen LogP contribution in [0.4, 0.5) is 4.39 Å². The number of aromatic nitrogens is 2. The van der Waals surface area contributed by atoms with Crippen molar-refractivity contribution < 1.29 is 9.13 Å². The van der Waals surface area contributed by atoms with Gasteiger partial charge in [0.2, 0.25) is 5.88 Å². The van der Waals surface area contributed by atoms with Gasteiger partial charge in [-0.05, 0) is 12.5 Å². The summed E-state index contributed by atoms with van der Waals surface area (Å²) >= 11 is 1.51. The molecular formula is C10H9FN2OS. The molecule has 0 saturated heterocycles. The van der Waals surface area contributed by atoms with Crippen LogP contribution in [-0.4, -0.2) is 9.97 Å². The Morgan fingerprint density at radius 1 is 1.47 bits per heavy atom. The molecule has 3 nitrogen and oxygen atoms in total. The van der Waals surface area contributed by atoms with Crippen LogP contribution in [0.5, 0.6) is 5.88 Å². The van der Waals surface area contributed by atoms with Crippen LogP contribution >= 0.6 is 11.3 Å². The summed E-state index contributed by atoms with van der Waals surface area (Å²) < 4.78 is 18.3. The Bertz CT molecular complexity index is 445. The second-order valence-corrected chi connectivity index (χ2v) is 4.00. The molecule has 0 spiro atoms. The molecule has 15 heavy (non-hydrogen) atoms. The van der Waals surface area contributed by atoms with Gasteiger partial charge in [0.1, 0.15) is 12.4 Å². The number of hydrogen-bond acceptors (Lipinski definition) is 4. The van der Waals surface area contributed by atoms with Crippen molar-refractivity contribution in [1.82, 2.24) is 9.97 Å². The van der Waals surface area contributed by atoms with Gasteiger partial charge >= 0.3 is 0 Å². The maximum Gasteiger partial charge on any atom is 0.213 e. The molecule has 0 unspecified atom stereocenters. The Balaban J connectivity index is 2.02. The number of halogens is 1. The van der Waals surface area contributed by atoms with Crippen LogP contribution in [0.1, 0.15) is 10.4 Å². The van der Waals surface area contributed by atoms with E-state index < -0.39 is 0 Å². The first-order chi connectivity index (χ1) is 7.25. The zero-order valence-corrected chi connectivity index (χ0v) is 8.92. The molecule has 2 aromatic heterocycles. The molecule has 78 valence electrons. The van der Waals surface area contributed by atoms with Gasteiger partial charge in [-0.15, -0.1) is 11.3 Å². The second-order valence-electron chi connectivity index (χ2n) is 3.03. The first-order valence-electron chi connectivity index (χ1n) is 4.38. The SMILES string of the molecule is Cc1cc(OCc2cncs2)ncc1F. The highest BCUT2D eigenvalue weighted by Crippen LogP contribution is 2.14. The highest BCUT2D eigenvalue weighted by atomic mass is 32.1. The number of ether oxygens (including phenoxy) is 1. The summed E-state index contributed by atoms with van der Waals surface area (Å²) in [5.41, 5.74) is 2.27. The van der Waals surface area contributed by atoms with Crippen molar-refractivity contribution in [2.45, 2.75) is 13.5 Å². The predicted octanol–water partition coefficient (Wildman–Crippen LogP) is 2.56. The lowest BCUT2D eigenvalue weighted by Crippen LogP contribution is -1.96. The van der Waals surface area contributed by atoms with Gasteiger partial charge in [0.15, 0.2) is 0 Å². The highest BCUT2D eigenvalue weighted by Gasteiger charge is 2.02. The van der Waals surface area contributed by atoms with E-state index in [1.165, 1.54) is 11.3 Å². The Hall–Kier alpha value is -1.49. The van der Waals surface area contributed by atoms with Crippen LogP contribution in [0, 0.1) is 12.7 Å². The third-order valence-electron chi connectivity index (χ3n) is 1.87. The number of thiazole rings is 1. The van der Waals surface area contributed by atoms with Crippen LogP contribution in [0.2, 0.25) is 0 Å². The third kappa shape index (κ3) is 2.50. The van der Waals surface area contributed by atoms with Gasteiger partial charge < -0.3 is 4.74 Å². The number of rotatable bonds is 3. The number of pyridine rings is 1. The molecule has 0 aromatic carbocycles. The lowest BCUT2D eigenvalue weighted by Gasteiger charge is -2.04. The smallest absolute Gasteiger partial charge is 0.213 e. The van der Waals surface area contributed by atoms with E-state index in [0.29, 0.717) is 18.1 Å². The molecule has 0 N–H and O–H groups in total. The summed E-state index contributed by atoms with van der Waals surface area (Å²) in [6.07, 6.45) is 2.90. The van der Waals surface area contributed by atoms with Crippen molar-refractivity contribution in [3.63, 3.8) is 0 Å². The molecule has 0 radical (unpaired) electrons. The fourth-order valence-electron chi connectivity index (χ4n) is 1.05. The summed E-state index contributed by atoms with van der Waals surface area (Å²) in [4.78, 5) is 8.76. The zero-order chi connectivity index (χ0) is 10.7. The summed E-state index contributed by atoms with van der Waals surface area (Å²) in [5, 5.41) is 0. The van der Waals surface area contributed by atoms with Crippen LogP contribution in [-0.2, 0) is 6.61 Å². The van der Waals surface area contributed by atoms with E-state index in [-0.39, 0.29) is 5.82 Å². The third-order valence-corrected chi connectivity index (χ3v) is 2.62. The van der Waals surface area contributed by atoms with E-state index in [1.54, 1.807) is 24.7 Å². The van der Waals surface area contributed by atoms with Crippen molar-refractivity contribution in [3.8, 4) is 5.88 Å². The van der Waals surface area contributed by atoms with Gasteiger partial charge in [0, 0.05) is 12.3 Å². The first kappa shape index (κ1) is 10.0. The van der Waals surface area contributed by atoms with Crippen molar-refractivity contribution in [2.24, 2.45) is 0 Å². The van der Waals surface area contributed by atoms with Gasteiger partial charge in [-0.3, -0.25) is 4.98 Å². The van der Waals surface area contributed by atoms with E-state index in [1.807, 2.05) is 0 Å². The molecule has 0 fully saturated rings. The van der Waals surface area contributed by atoms with E-state index in [9.17, 15) is 4.39 Å². The Kier molecular flexibility index (Phi) is 2.91. The standard InChI is InChI=1S/C10H9FN2OS/c1-7-2-10(13-4-9(7)11)14-5-8-3-12-6-15-8/h2-4,6H,5H2,1H3. The maximum atomic E-state index is 12.9. The van der Waals surface area contributed by atoms with Crippen LogP contribution in [0.25, 0.3) is 0 Å². The van der Waals surface area contributed by atoms with Crippen molar-refractivity contribution in [1.29, 1.82) is 0 Å². The summed E-state index contributed by atoms with van der Waals surface area (Å²) in [7, 11) is 0. The topological polar surface area (TPSA) is 35.0 Å². The molecule has 2 aromatic rings. The average molecular weight is 224 g/mol. The second kappa shape index (κ2) is 4.35. The quantitative estimate of drug-likeness (QED) is 0.803. The fraction of sp³-hybridized carbons (Fsp3) is 0.200. The molecular weight excluding hydrogens is 215 g/mol. The molecule has 0 aliphatic heterocycles. The average Bonchev–Trinajstić information content (AvgIpc) is 2.73. The van der Waals surface area contributed by atoms with E-state index in [4.69, 9.17) is 4.74 Å². The van der Waals surface area contributed by atoms with Crippen molar-refractivity contribution >= 4 is 11.3 Å². The molecule has 0 atom stereocenters. The number of hydrogen-bond donors (Lipinski definition) is 0. The minimum atomic E-state index is -0.319. The van der Waals surface area contributed by atoms with Crippen LogP contribution in [0.15, 0.2) is 24.0 Å². The minimum Gasteiger partial charge on any atom is -0.472 e. The minimum absolute atomic E-state index is 0.319. The van der Waals surface area contributed by atoms with E-state index in [0.717, 1.165) is 11.1 Å². The Morgan fingerprint density at radius 3 is 3.00 bits per heavy atom. The maximum absolute atomic E-state index is 12.9. The Morgan fingerprint density at radius 2 is 2.33 bits per heavy atom. The van der Waals surface area contributed by atoms with Gasteiger partial charge in [-0.2, -0.15) is 0 Å². The normalized spacial score (nSPS) is 10.3. The van der Waals surface area contributed by atoms with E-state index in [2.05, 4.69) is 9.97 Å². The number of nitrogens with zero attached hydrogens (tertiary/aromatic N) is 2. The van der Waals surface area contributed by atoms with Gasteiger partial charge in [-0.25, -0.2) is 9.37 Å². The first-order valence-corrected chi connectivity index (χ1v) is 5.26. The molecule has 0 aliphatic carbocycles. The van der Waals surface area contributed by atoms with Gasteiger partial charge in [0.05, 0.1) is 16.6 Å². The van der Waals surface area contributed by atoms with Crippen LogP contribution in [0.3, 0.4) is 0 Å². The van der Waals surface area contributed by atoms with E-state index >= 15 is 0 Å². The van der Waals surface area contributed by atoms with Gasteiger partial charge in [0.25, 0.3) is 0 Å². The predicted molar refractivity (Wildman–Crippen MR) is 55.4 cm³/mol. The molecule has 2 rings (SSSR count). The molecule has 0 amide bonds. The zero-order valence-electron chi connectivity index (χ0n) is 8.11. The summed E-state index contributed by atoms with van der Waals surface area (Å²) in [6.45, 7) is 2.10. The highest BCUT2D eigenvalue weighted by molar-refractivity contribution is 7.09. The summed E-state index contributed by atoms with van der Waals surface area (Å²) in [5.74, 6) is 0.113. The monoisotopic (exact) mass is 224 g/mol. The fourth-order valence-corrected chi connectivity index (χ4v) is 1.56. The van der Waals surface area contributed by atoms with Crippen molar-refractivity contribution in [2.75, 3.05) is 0 Å². The summed E-state index contributed by atoms with van der Waals surface area (Å²) in [6, 6.07) is 1.58. The molecule has 2 heterocycles. The molecule has 0 bridgehead atoms.